The number of rotatable bonds is 7. The number of para-hydroxylation sites is 1. The van der Waals surface area contributed by atoms with Gasteiger partial charge < -0.3 is 9.80 Å². The van der Waals surface area contributed by atoms with E-state index in [0.717, 1.165) is 27.7 Å². The lowest BCUT2D eigenvalue weighted by Gasteiger charge is -2.26. The van der Waals surface area contributed by atoms with Crippen molar-refractivity contribution in [2.75, 3.05) is 11.4 Å². The quantitative estimate of drug-likeness (QED) is 0.437. The van der Waals surface area contributed by atoms with Crippen LogP contribution in [0.15, 0.2) is 77.5 Å². The molecule has 1 aliphatic rings. The minimum atomic E-state index is -0.673. The Bertz CT molecular complexity index is 1090. The van der Waals surface area contributed by atoms with E-state index in [4.69, 9.17) is 0 Å². The van der Waals surface area contributed by atoms with Crippen molar-refractivity contribution in [2.45, 2.75) is 32.9 Å². The first-order valence-corrected chi connectivity index (χ1v) is 11.7. The third-order valence-corrected chi connectivity index (χ3v) is 6.53. The highest BCUT2D eigenvalue weighted by molar-refractivity contribution is 9.10. The molecule has 164 valence electrons. The fourth-order valence-corrected chi connectivity index (χ4v) is 4.56. The normalized spacial score (nSPS) is 15.8. The zero-order chi connectivity index (χ0) is 22.5. The summed E-state index contributed by atoms with van der Waals surface area (Å²) in [6.07, 6.45) is 4.97. The summed E-state index contributed by atoms with van der Waals surface area (Å²) < 4.78 is 0.852. The van der Waals surface area contributed by atoms with E-state index in [1.807, 2.05) is 36.4 Å². The van der Waals surface area contributed by atoms with Crippen LogP contribution in [0.25, 0.3) is 0 Å². The molecule has 0 saturated carbocycles. The number of hydrogen-bond donors (Lipinski definition) is 0. The van der Waals surface area contributed by atoms with E-state index in [9.17, 15) is 9.59 Å². The molecule has 32 heavy (non-hydrogen) atoms. The summed E-state index contributed by atoms with van der Waals surface area (Å²) in [4.78, 5) is 34.5. The van der Waals surface area contributed by atoms with Gasteiger partial charge in [0.25, 0.3) is 0 Å². The maximum absolute atomic E-state index is 13.6. The smallest absolute Gasteiger partial charge is 0.239 e. The van der Waals surface area contributed by atoms with Gasteiger partial charge in [-0.2, -0.15) is 0 Å². The van der Waals surface area contributed by atoms with Crippen LogP contribution in [0.2, 0.25) is 0 Å². The largest absolute Gasteiger partial charge is 0.333 e. The number of benzene rings is 2. The van der Waals surface area contributed by atoms with Gasteiger partial charge in [0.2, 0.25) is 11.8 Å². The molecule has 1 aliphatic heterocycles. The minimum Gasteiger partial charge on any atom is -0.333 e. The second-order valence-electron chi connectivity index (χ2n) is 8.01. The van der Waals surface area contributed by atoms with Gasteiger partial charge in [0, 0.05) is 36.5 Å². The molecule has 2 heterocycles. The molecule has 6 heteroatoms. The van der Waals surface area contributed by atoms with Crippen molar-refractivity contribution < 1.29 is 9.59 Å². The van der Waals surface area contributed by atoms with Crippen LogP contribution < -0.4 is 4.90 Å². The number of amides is 2. The van der Waals surface area contributed by atoms with Crippen molar-refractivity contribution in [3.05, 3.63) is 94.2 Å². The molecule has 0 bridgehead atoms. The third kappa shape index (κ3) is 4.91. The Hall–Kier alpha value is -2.99. The van der Waals surface area contributed by atoms with Crippen LogP contribution in [-0.2, 0) is 29.1 Å². The average molecular weight is 492 g/mol. The SMILES string of the molecule is CCc1ccc(CN(Cc2cccnc2)C(=O)C2CCN(c3ccccc3Br)C2=O)cc1. The Kier molecular flexibility index (Phi) is 7.00. The fraction of sp³-hybridized carbons (Fsp3) is 0.269. The molecule has 0 N–H and O–H groups in total. The Morgan fingerprint density at radius 1 is 1.03 bits per heavy atom. The third-order valence-electron chi connectivity index (χ3n) is 5.86. The number of nitrogens with zero attached hydrogens (tertiary/aromatic N) is 3. The van der Waals surface area contributed by atoms with Gasteiger partial charge >= 0.3 is 0 Å². The molecule has 0 radical (unpaired) electrons. The lowest BCUT2D eigenvalue weighted by atomic mass is 10.0. The fourth-order valence-electron chi connectivity index (χ4n) is 4.06. The molecule has 2 aromatic carbocycles. The number of carbonyl (C=O) groups excluding carboxylic acids is 2. The summed E-state index contributed by atoms with van der Waals surface area (Å²) in [5.74, 6) is -0.943. The van der Waals surface area contributed by atoms with Gasteiger partial charge in [-0.3, -0.25) is 14.6 Å². The summed E-state index contributed by atoms with van der Waals surface area (Å²) in [7, 11) is 0. The highest BCUT2D eigenvalue weighted by atomic mass is 79.9. The molecule has 1 atom stereocenters. The highest BCUT2D eigenvalue weighted by Gasteiger charge is 2.40. The number of aryl methyl sites for hydroxylation is 1. The van der Waals surface area contributed by atoms with E-state index in [-0.39, 0.29) is 11.8 Å². The Labute approximate surface area is 197 Å². The molecule has 2 amide bonds. The first kappa shape index (κ1) is 22.2. The maximum atomic E-state index is 13.6. The molecule has 5 nitrogen and oxygen atoms in total. The van der Waals surface area contributed by atoms with E-state index in [1.165, 1.54) is 5.56 Å². The molecular weight excluding hydrogens is 466 g/mol. The lowest BCUT2D eigenvalue weighted by Crippen LogP contribution is -2.39. The van der Waals surface area contributed by atoms with E-state index >= 15 is 0 Å². The number of aromatic nitrogens is 1. The Morgan fingerprint density at radius 3 is 2.44 bits per heavy atom. The van der Waals surface area contributed by atoms with Crippen LogP contribution in [0.3, 0.4) is 0 Å². The minimum absolute atomic E-state index is 0.132. The van der Waals surface area contributed by atoms with Crippen molar-refractivity contribution >= 4 is 33.4 Å². The van der Waals surface area contributed by atoms with Gasteiger partial charge in [0.05, 0.1) is 5.69 Å². The van der Waals surface area contributed by atoms with Crippen molar-refractivity contribution in [1.29, 1.82) is 0 Å². The number of carbonyl (C=O) groups is 2. The standard InChI is InChI=1S/C26H26BrN3O2/c1-2-19-9-11-20(12-10-19)17-29(18-21-6-5-14-28-16-21)25(31)22-13-15-30(26(22)32)24-8-4-3-7-23(24)27/h3-12,14,16,22H,2,13,15,17-18H2,1H3. The Balaban J connectivity index is 1.56. The van der Waals surface area contributed by atoms with Crippen molar-refractivity contribution in [1.82, 2.24) is 9.88 Å². The first-order chi connectivity index (χ1) is 15.6. The molecule has 0 spiro atoms. The van der Waals surface area contributed by atoms with Crippen LogP contribution in [0.5, 0.6) is 0 Å². The van der Waals surface area contributed by atoms with Gasteiger partial charge in [0.1, 0.15) is 5.92 Å². The van der Waals surface area contributed by atoms with E-state index < -0.39 is 5.92 Å². The molecule has 1 fully saturated rings. The zero-order valence-corrected chi connectivity index (χ0v) is 19.7. The number of hydrogen-bond acceptors (Lipinski definition) is 3. The van der Waals surface area contributed by atoms with Gasteiger partial charge in [0.15, 0.2) is 0 Å². The van der Waals surface area contributed by atoms with E-state index in [2.05, 4.69) is 52.1 Å². The second-order valence-corrected chi connectivity index (χ2v) is 8.86. The molecular formula is C26H26BrN3O2. The van der Waals surface area contributed by atoms with Crippen LogP contribution in [-0.4, -0.2) is 28.2 Å². The predicted molar refractivity (Wildman–Crippen MR) is 129 cm³/mol. The maximum Gasteiger partial charge on any atom is 0.239 e. The first-order valence-electron chi connectivity index (χ1n) is 10.9. The molecule has 4 rings (SSSR count). The summed E-state index contributed by atoms with van der Waals surface area (Å²) >= 11 is 3.52. The molecule has 3 aromatic rings. The second kappa shape index (κ2) is 10.1. The number of halogens is 1. The number of pyridine rings is 1. The van der Waals surface area contributed by atoms with Gasteiger partial charge in [-0.05, 0) is 63.7 Å². The Morgan fingerprint density at radius 2 is 1.75 bits per heavy atom. The average Bonchev–Trinajstić information content (AvgIpc) is 3.20. The van der Waals surface area contributed by atoms with Crippen LogP contribution >= 0.6 is 15.9 Å². The van der Waals surface area contributed by atoms with E-state index in [0.29, 0.717) is 26.1 Å². The molecule has 0 aliphatic carbocycles. The predicted octanol–water partition coefficient (Wildman–Crippen LogP) is 4.99. The van der Waals surface area contributed by atoms with Gasteiger partial charge in [-0.25, -0.2) is 0 Å². The van der Waals surface area contributed by atoms with Crippen LogP contribution in [0, 0.1) is 5.92 Å². The zero-order valence-electron chi connectivity index (χ0n) is 18.1. The van der Waals surface area contributed by atoms with Crippen LogP contribution in [0.1, 0.15) is 30.0 Å². The summed E-state index contributed by atoms with van der Waals surface area (Å²) in [6.45, 7) is 3.52. The van der Waals surface area contributed by atoms with Gasteiger partial charge in [-0.1, -0.05) is 49.4 Å². The monoisotopic (exact) mass is 491 g/mol. The lowest BCUT2D eigenvalue weighted by molar-refractivity contribution is -0.141. The summed E-state index contributed by atoms with van der Waals surface area (Å²) in [5.41, 5.74) is 4.06. The van der Waals surface area contributed by atoms with Crippen molar-refractivity contribution in [3.63, 3.8) is 0 Å². The van der Waals surface area contributed by atoms with Crippen LogP contribution in [0.4, 0.5) is 5.69 Å². The van der Waals surface area contributed by atoms with Crippen molar-refractivity contribution in [3.8, 4) is 0 Å². The van der Waals surface area contributed by atoms with Gasteiger partial charge in [-0.15, -0.1) is 0 Å². The summed E-state index contributed by atoms with van der Waals surface area (Å²) in [5, 5.41) is 0. The molecule has 1 unspecified atom stereocenters. The van der Waals surface area contributed by atoms with E-state index in [1.54, 1.807) is 22.2 Å². The molecule has 1 aromatic heterocycles. The number of anilines is 1. The molecule has 1 saturated heterocycles. The summed E-state index contributed by atoms with van der Waals surface area (Å²) in [6, 6.07) is 19.8. The highest BCUT2D eigenvalue weighted by Crippen LogP contribution is 2.32. The topological polar surface area (TPSA) is 53.5 Å². The van der Waals surface area contributed by atoms with Crippen molar-refractivity contribution in [2.24, 2.45) is 5.92 Å².